The second-order valence-electron chi connectivity index (χ2n) is 12.5. The van der Waals surface area contributed by atoms with Crippen molar-refractivity contribution in [2.45, 2.75) is 128 Å². The summed E-state index contributed by atoms with van der Waals surface area (Å²) in [5, 5.41) is 17.2. The van der Waals surface area contributed by atoms with E-state index in [1.807, 2.05) is 6.92 Å². The predicted molar refractivity (Wildman–Crippen MR) is 166 cm³/mol. The summed E-state index contributed by atoms with van der Waals surface area (Å²) in [5.74, 6) is 0.398. The van der Waals surface area contributed by atoms with Crippen LogP contribution in [0.5, 0.6) is 0 Å². The molecule has 0 radical (unpaired) electrons. The van der Waals surface area contributed by atoms with Gasteiger partial charge in [0, 0.05) is 18.9 Å². The predicted octanol–water partition coefficient (Wildman–Crippen LogP) is 6.53. The molecule has 0 aliphatic carbocycles. The van der Waals surface area contributed by atoms with Crippen LogP contribution in [0.15, 0.2) is 60.7 Å². The summed E-state index contributed by atoms with van der Waals surface area (Å²) < 4.78 is 7.13. The molecule has 1 heterocycles. The normalized spacial score (nSPS) is 20.2. The molecule has 4 nitrogen and oxygen atoms in total. The Morgan fingerprint density at radius 1 is 0.872 bits per heavy atom. The first-order valence-corrected chi connectivity index (χ1v) is 17.4. The fourth-order valence-electron chi connectivity index (χ4n) is 6.21. The first-order valence-electron chi connectivity index (χ1n) is 15.5. The number of benzene rings is 2. The average Bonchev–Trinajstić information content (AvgIpc) is 2.94. The summed E-state index contributed by atoms with van der Waals surface area (Å²) in [7, 11) is -2.61. The lowest BCUT2D eigenvalue weighted by Crippen LogP contribution is -2.68. The van der Waals surface area contributed by atoms with Gasteiger partial charge in [0.15, 0.2) is 0 Å². The third-order valence-electron chi connectivity index (χ3n) is 8.52. The van der Waals surface area contributed by atoms with Crippen LogP contribution in [0.25, 0.3) is 0 Å². The fourth-order valence-corrected chi connectivity index (χ4v) is 10.8. The zero-order valence-electron chi connectivity index (χ0n) is 25.0. The summed E-state index contributed by atoms with van der Waals surface area (Å²) in [6.07, 6.45) is 12.6. The molecule has 3 atom stereocenters. The van der Waals surface area contributed by atoms with E-state index in [0.29, 0.717) is 24.9 Å². The Labute approximate surface area is 239 Å². The Morgan fingerprint density at radius 3 is 1.95 bits per heavy atom. The summed E-state index contributed by atoms with van der Waals surface area (Å²) in [6.45, 7) is 9.38. The summed E-state index contributed by atoms with van der Waals surface area (Å²) in [4.78, 5) is 11.4. The minimum Gasteiger partial charge on any atom is -0.406 e. The molecule has 5 heteroatoms. The van der Waals surface area contributed by atoms with Gasteiger partial charge in [0.2, 0.25) is 0 Å². The van der Waals surface area contributed by atoms with Gasteiger partial charge in [-0.05, 0) is 41.1 Å². The van der Waals surface area contributed by atoms with Gasteiger partial charge in [-0.15, -0.1) is 0 Å². The minimum atomic E-state index is -2.61. The lowest BCUT2D eigenvalue weighted by atomic mass is 9.93. The molecule has 2 N–H and O–H groups in total. The van der Waals surface area contributed by atoms with Crippen LogP contribution in [-0.4, -0.2) is 44.0 Å². The number of carbonyl (C=O) groups excluding carboxylic acids is 1. The van der Waals surface area contributed by atoms with E-state index < -0.39 is 8.32 Å². The van der Waals surface area contributed by atoms with E-state index in [0.717, 1.165) is 32.1 Å². The molecule has 0 spiro atoms. The van der Waals surface area contributed by atoms with Crippen LogP contribution in [0.3, 0.4) is 0 Å². The van der Waals surface area contributed by atoms with Gasteiger partial charge in [0.1, 0.15) is 5.78 Å². The Balaban J connectivity index is 1.54. The molecule has 0 saturated carbocycles. The third kappa shape index (κ3) is 9.11. The second-order valence-corrected chi connectivity index (χ2v) is 16.8. The van der Waals surface area contributed by atoms with E-state index in [1.165, 1.54) is 48.9 Å². The molecule has 216 valence electrons. The topological polar surface area (TPSA) is 58.6 Å². The monoisotopic (exact) mass is 551 g/mol. The quantitative estimate of drug-likeness (QED) is 0.184. The highest BCUT2D eigenvalue weighted by Gasteiger charge is 2.50. The van der Waals surface area contributed by atoms with Gasteiger partial charge < -0.3 is 14.8 Å². The van der Waals surface area contributed by atoms with E-state index in [1.54, 1.807) is 0 Å². The number of hydrogen-bond donors (Lipinski definition) is 2. The van der Waals surface area contributed by atoms with Crippen LogP contribution in [0.1, 0.15) is 105 Å². The van der Waals surface area contributed by atoms with E-state index in [4.69, 9.17) is 4.43 Å². The van der Waals surface area contributed by atoms with Crippen LogP contribution in [0.2, 0.25) is 5.04 Å². The molecule has 0 unspecified atom stereocenters. The smallest absolute Gasteiger partial charge is 0.261 e. The Hall–Kier alpha value is -1.79. The molecule has 0 aromatic heterocycles. The first-order chi connectivity index (χ1) is 18.8. The Kier molecular flexibility index (Phi) is 12.9. The number of unbranched alkanes of at least 4 members (excludes halogenated alkanes) is 6. The number of aliphatic hydroxyl groups is 1. The third-order valence-corrected chi connectivity index (χ3v) is 13.5. The van der Waals surface area contributed by atoms with Crippen molar-refractivity contribution in [2.75, 3.05) is 6.61 Å². The number of piperidine rings is 1. The number of Topliss-reactive ketones (excluding diaryl/α,β-unsaturated/α-hetero) is 1. The van der Waals surface area contributed by atoms with Crippen molar-refractivity contribution in [1.29, 1.82) is 0 Å². The highest BCUT2D eigenvalue weighted by molar-refractivity contribution is 6.99. The number of aliphatic hydroxyl groups excluding tert-OH is 1. The molecule has 1 aliphatic heterocycles. The molecule has 2 aromatic rings. The summed E-state index contributed by atoms with van der Waals surface area (Å²) in [6, 6.07) is 21.9. The summed E-state index contributed by atoms with van der Waals surface area (Å²) in [5.41, 5.74) is 0. The maximum atomic E-state index is 11.4. The SMILES string of the molecule is CCC(=O)CCCCCCCCC[C@@H]1CC[C@@H](O)[C@H](CO[Si](c2ccccc2)(c2ccccc2)C(C)(C)C)N1. The van der Waals surface area contributed by atoms with Gasteiger partial charge >= 0.3 is 0 Å². The average molecular weight is 552 g/mol. The molecular formula is C34H53NO3Si. The first kappa shape index (κ1) is 31.7. The molecule has 0 bridgehead atoms. The number of nitrogens with one attached hydrogen (secondary N) is 1. The van der Waals surface area contributed by atoms with Gasteiger partial charge in [-0.1, -0.05) is 127 Å². The minimum absolute atomic E-state index is 0.0452. The van der Waals surface area contributed by atoms with E-state index in [9.17, 15) is 9.90 Å². The number of hydrogen-bond acceptors (Lipinski definition) is 4. The van der Waals surface area contributed by atoms with Gasteiger partial charge in [-0.25, -0.2) is 0 Å². The molecule has 1 fully saturated rings. The maximum Gasteiger partial charge on any atom is 0.261 e. The van der Waals surface area contributed by atoms with Gasteiger partial charge in [0.05, 0.1) is 18.8 Å². The second kappa shape index (κ2) is 15.9. The largest absolute Gasteiger partial charge is 0.406 e. The lowest BCUT2D eigenvalue weighted by molar-refractivity contribution is -0.118. The molecule has 1 aliphatic rings. The van der Waals surface area contributed by atoms with Gasteiger partial charge in [-0.2, -0.15) is 0 Å². The molecule has 1 saturated heterocycles. The fraction of sp³-hybridized carbons (Fsp3) is 0.618. The van der Waals surface area contributed by atoms with Gasteiger partial charge in [-0.3, -0.25) is 4.79 Å². The van der Waals surface area contributed by atoms with Crippen molar-refractivity contribution < 1.29 is 14.3 Å². The number of ketones is 1. The van der Waals surface area contributed by atoms with Crippen LogP contribution in [0.4, 0.5) is 0 Å². The standard InChI is InChI=1S/C34H53NO3Si/c1-5-29(36)20-14-10-8-6-7-9-13-19-28-25-26-33(37)32(35-28)27-38-39(34(2,3)4,30-21-15-11-16-22-30)31-23-17-12-18-24-31/h11-12,15-18,21-24,28,32-33,35,37H,5-10,13-14,19-20,25-27H2,1-4H3/t28-,32+,33-/m1/s1. The zero-order valence-corrected chi connectivity index (χ0v) is 26.0. The molecule has 39 heavy (non-hydrogen) atoms. The lowest BCUT2D eigenvalue weighted by Gasteiger charge is -2.45. The Morgan fingerprint density at radius 2 is 1.41 bits per heavy atom. The maximum absolute atomic E-state index is 11.4. The van der Waals surface area contributed by atoms with Crippen molar-refractivity contribution >= 4 is 24.5 Å². The van der Waals surface area contributed by atoms with Crippen molar-refractivity contribution in [3.05, 3.63) is 60.7 Å². The highest BCUT2D eigenvalue weighted by Crippen LogP contribution is 2.37. The van der Waals surface area contributed by atoms with Crippen LogP contribution < -0.4 is 15.7 Å². The van der Waals surface area contributed by atoms with Crippen molar-refractivity contribution in [2.24, 2.45) is 0 Å². The summed E-state index contributed by atoms with van der Waals surface area (Å²) >= 11 is 0. The van der Waals surface area contributed by atoms with Crippen LogP contribution in [0, 0.1) is 0 Å². The van der Waals surface area contributed by atoms with Crippen molar-refractivity contribution in [1.82, 2.24) is 5.32 Å². The zero-order chi connectivity index (χ0) is 28.1. The van der Waals surface area contributed by atoms with E-state index >= 15 is 0 Å². The number of carbonyl (C=O) groups is 1. The Bertz CT molecular complexity index is 920. The molecule has 2 aromatic carbocycles. The number of rotatable bonds is 16. The molecule has 0 amide bonds. The molecular weight excluding hydrogens is 498 g/mol. The van der Waals surface area contributed by atoms with E-state index in [2.05, 4.69) is 86.8 Å². The van der Waals surface area contributed by atoms with Crippen LogP contribution in [-0.2, 0) is 9.22 Å². The van der Waals surface area contributed by atoms with Crippen molar-refractivity contribution in [3.8, 4) is 0 Å². The van der Waals surface area contributed by atoms with Gasteiger partial charge in [0.25, 0.3) is 8.32 Å². The van der Waals surface area contributed by atoms with E-state index in [-0.39, 0.29) is 17.2 Å². The molecule has 3 rings (SSSR count). The highest BCUT2D eigenvalue weighted by atomic mass is 28.4. The van der Waals surface area contributed by atoms with Crippen LogP contribution >= 0.6 is 0 Å². The van der Waals surface area contributed by atoms with Crippen molar-refractivity contribution in [3.63, 3.8) is 0 Å².